The summed E-state index contributed by atoms with van der Waals surface area (Å²) < 4.78 is 34.3. The van der Waals surface area contributed by atoms with Gasteiger partial charge in [0.25, 0.3) is 6.43 Å². The molecule has 2 atom stereocenters. The minimum atomic E-state index is -2.41. The van der Waals surface area contributed by atoms with Crippen LogP contribution < -0.4 is 5.32 Å². The largest absolute Gasteiger partial charge is 0.444 e. The number of nitrogens with zero attached hydrogens (tertiary/aromatic N) is 1. The molecule has 2 saturated heterocycles. The van der Waals surface area contributed by atoms with E-state index in [4.69, 9.17) is 9.47 Å². The van der Waals surface area contributed by atoms with Crippen molar-refractivity contribution in [3.05, 3.63) is 0 Å². The molecule has 0 saturated carbocycles. The fraction of sp³-hybridized carbons (Fsp3) is 0.938. The van der Waals surface area contributed by atoms with Gasteiger partial charge in [-0.3, -0.25) is 0 Å². The SMILES string of the molecule is CC(C)(C)OC(=O)N1C2CCC1CC(NCCOCC(F)F)C2. The quantitative estimate of drug-likeness (QED) is 0.759. The van der Waals surface area contributed by atoms with E-state index in [0.29, 0.717) is 12.6 Å². The van der Waals surface area contributed by atoms with E-state index in [2.05, 4.69) is 5.32 Å². The molecule has 0 aromatic heterocycles. The van der Waals surface area contributed by atoms with Crippen molar-refractivity contribution in [1.82, 2.24) is 10.2 Å². The molecule has 2 bridgehead atoms. The predicted octanol–water partition coefficient (Wildman–Crippen LogP) is 2.79. The highest BCUT2D eigenvalue weighted by Crippen LogP contribution is 2.36. The third-order valence-electron chi connectivity index (χ3n) is 4.26. The fourth-order valence-electron chi connectivity index (χ4n) is 3.46. The number of carbonyl (C=O) groups is 1. The molecule has 2 heterocycles. The number of nitrogens with one attached hydrogen (secondary N) is 1. The Kier molecular flexibility index (Phi) is 6.19. The molecule has 134 valence electrons. The Hall–Kier alpha value is -0.950. The van der Waals surface area contributed by atoms with Gasteiger partial charge in [0.05, 0.1) is 6.61 Å². The van der Waals surface area contributed by atoms with Crippen molar-refractivity contribution >= 4 is 6.09 Å². The highest BCUT2D eigenvalue weighted by Gasteiger charge is 2.44. The Morgan fingerprint density at radius 1 is 1.26 bits per heavy atom. The van der Waals surface area contributed by atoms with E-state index >= 15 is 0 Å². The van der Waals surface area contributed by atoms with Crippen molar-refractivity contribution in [2.75, 3.05) is 19.8 Å². The van der Waals surface area contributed by atoms with Gasteiger partial charge in [-0.05, 0) is 46.5 Å². The summed E-state index contributed by atoms with van der Waals surface area (Å²) in [6, 6.07) is 0.729. The van der Waals surface area contributed by atoms with Gasteiger partial charge in [-0.2, -0.15) is 0 Å². The zero-order chi connectivity index (χ0) is 17.0. The van der Waals surface area contributed by atoms with E-state index in [1.165, 1.54) is 0 Å². The highest BCUT2D eigenvalue weighted by molar-refractivity contribution is 5.69. The normalized spacial score (nSPS) is 27.6. The van der Waals surface area contributed by atoms with Crippen LogP contribution in [0.4, 0.5) is 13.6 Å². The summed E-state index contributed by atoms with van der Waals surface area (Å²) in [6.07, 6.45) is 1.13. The van der Waals surface area contributed by atoms with Gasteiger partial charge in [-0.1, -0.05) is 0 Å². The summed E-state index contributed by atoms with van der Waals surface area (Å²) in [5.41, 5.74) is -0.479. The van der Waals surface area contributed by atoms with Crippen LogP contribution in [0.3, 0.4) is 0 Å². The molecular formula is C16H28F2N2O3. The predicted molar refractivity (Wildman–Crippen MR) is 82.7 cm³/mol. The number of fused-ring (bicyclic) bond motifs is 2. The lowest BCUT2D eigenvalue weighted by atomic mass is 9.98. The maximum Gasteiger partial charge on any atom is 0.410 e. The first kappa shape index (κ1) is 18.4. The molecule has 1 amide bonds. The van der Waals surface area contributed by atoms with Crippen molar-refractivity contribution < 1.29 is 23.0 Å². The summed E-state index contributed by atoms with van der Waals surface area (Å²) in [5.74, 6) is 0. The molecule has 0 radical (unpaired) electrons. The van der Waals surface area contributed by atoms with Gasteiger partial charge in [-0.25, -0.2) is 13.6 Å². The van der Waals surface area contributed by atoms with E-state index < -0.39 is 18.6 Å². The number of hydrogen-bond donors (Lipinski definition) is 1. The number of amides is 1. The maximum absolute atomic E-state index is 12.3. The van der Waals surface area contributed by atoms with E-state index in [-0.39, 0.29) is 24.8 Å². The second-order valence-electron chi connectivity index (χ2n) is 7.36. The number of carbonyl (C=O) groups excluding carboxylic acids is 1. The third kappa shape index (κ3) is 5.57. The molecule has 1 N–H and O–H groups in total. The molecule has 5 nitrogen and oxygen atoms in total. The average molecular weight is 334 g/mol. The minimum absolute atomic E-state index is 0.211. The molecule has 7 heteroatoms. The van der Waals surface area contributed by atoms with Crippen LogP contribution in [0.25, 0.3) is 0 Å². The van der Waals surface area contributed by atoms with Crippen molar-refractivity contribution in [3.8, 4) is 0 Å². The summed E-state index contributed by atoms with van der Waals surface area (Å²) in [7, 11) is 0. The maximum atomic E-state index is 12.3. The number of alkyl halides is 2. The molecular weight excluding hydrogens is 306 g/mol. The van der Waals surface area contributed by atoms with Crippen molar-refractivity contribution in [1.29, 1.82) is 0 Å². The summed E-state index contributed by atoms with van der Waals surface area (Å²) >= 11 is 0. The van der Waals surface area contributed by atoms with Gasteiger partial charge < -0.3 is 19.7 Å². The number of halogens is 2. The lowest BCUT2D eigenvalue weighted by Gasteiger charge is -2.39. The molecule has 2 aliphatic rings. The van der Waals surface area contributed by atoms with Gasteiger partial charge in [0, 0.05) is 24.7 Å². The molecule has 23 heavy (non-hydrogen) atoms. The second kappa shape index (κ2) is 7.75. The van der Waals surface area contributed by atoms with E-state index in [1.807, 2.05) is 25.7 Å². The minimum Gasteiger partial charge on any atom is -0.444 e. The molecule has 0 aromatic rings. The first-order valence-corrected chi connectivity index (χ1v) is 8.37. The standard InChI is InChI=1S/C16H28F2N2O3/c1-16(2,3)23-15(21)20-12-4-5-13(20)9-11(8-12)19-6-7-22-10-14(17)18/h11-14,19H,4-10H2,1-3H3. The van der Waals surface area contributed by atoms with Crippen LogP contribution >= 0.6 is 0 Å². The van der Waals surface area contributed by atoms with Gasteiger partial charge in [0.1, 0.15) is 12.2 Å². The average Bonchev–Trinajstić information content (AvgIpc) is 2.68. The Morgan fingerprint density at radius 3 is 2.39 bits per heavy atom. The molecule has 0 aromatic carbocycles. The molecule has 2 unspecified atom stereocenters. The summed E-state index contributed by atoms with van der Waals surface area (Å²) in [5, 5.41) is 3.36. The van der Waals surface area contributed by atoms with Crippen molar-refractivity contribution in [3.63, 3.8) is 0 Å². The lowest BCUT2D eigenvalue weighted by molar-refractivity contribution is 0.00300. The van der Waals surface area contributed by atoms with Crippen molar-refractivity contribution in [2.24, 2.45) is 0 Å². The lowest BCUT2D eigenvalue weighted by Crippen LogP contribution is -2.52. The van der Waals surface area contributed by atoms with Gasteiger partial charge in [-0.15, -0.1) is 0 Å². The van der Waals surface area contributed by atoms with Gasteiger partial charge >= 0.3 is 6.09 Å². The van der Waals surface area contributed by atoms with Gasteiger partial charge in [0.2, 0.25) is 0 Å². The Bertz CT molecular complexity index is 387. The number of rotatable bonds is 6. The van der Waals surface area contributed by atoms with Crippen LogP contribution in [-0.4, -0.2) is 60.9 Å². The number of ether oxygens (including phenoxy) is 2. The van der Waals surface area contributed by atoms with E-state index in [1.54, 1.807) is 0 Å². The van der Waals surface area contributed by atoms with Crippen LogP contribution in [0.5, 0.6) is 0 Å². The van der Waals surface area contributed by atoms with E-state index in [0.717, 1.165) is 25.7 Å². The highest BCUT2D eigenvalue weighted by atomic mass is 19.3. The molecule has 2 fully saturated rings. The van der Waals surface area contributed by atoms with Crippen molar-refractivity contribution in [2.45, 2.75) is 76.6 Å². The molecule has 2 rings (SSSR count). The number of piperidine rings is 1. The van der Waals surface area contributed by atoms with Crippen LogP contribution in [0, 0.1) is 0 Å². The zero-order valence-electron chi connectivity index (χ0n) is 14.2. The number of hydrogen-bond acceptors (Lipinski definition) is 4. The summed E-state index contributed by atoms with van der Waals surface area (Å²) in [4.78, 5) is 14.2. The molecule has 2 aliphatic heterocycles. The monoisotopic (exact) mass is 334 g/mol. The molecule has 0 spiro atoms. The first-order chi connectivity index (χ1) is 10.8. The smallest absolute Gasteiger partial charge is 0.410 e. The Labute approximate surface area is 136 Å². The first-order valence-electron chi connectivity index (χ1n) is 8.37. The van der Waals surface area contributed by atoms with Gasteiger partial charge in [0.15, 0.2) is 0 Å². The second-order valence-corrected chi connectivity index (χ2v) is 7.36. The molecule has 0 aliphatic carbocycles. The zero-order valence-corrected chi connectivity index (χ0v) is 14.2. The van der Waals surface area contributed by atoms with E-state index in [9.17, 15) is 13.6 Å². The summed E-state index contributed by atoms with van der Waals surface area (Å²) in [6.45, 7) is 5.96. The van der Waals surface area contributed by atoms with Crippen LogP contribution in [0.2, 0.25) is 0 Å². The third-order valence-corrected chi connectivity index (χ3v) is 4.26. The Morgan fingerprint density at radius 2 is 1.87 bits per heavy atom. The fourth-order valence-corrected chi connectivity index (χ4v) is 3.46. The van der Waals surface area contributed by atoms with Crippen LogP contribution in [0.1, 0.15) is 46.5 Å². The van der Waals surface area contributed by atoms with Crippen LogP contribution in [-0.2, 0) is 9.47 Å². The topological polar surface area (TPSA) is 50.8 Å². The Balaban J connectivity index is 1.75. The van der Waals surface area contributed by atoms with Crippen LogP contribution in [0.15, 0.2) is 0 Å².